The van der Waals surface area contributed by atoms with Crippen LogP contribution in [0.15, 0.2) is 18.2 Å². The minimum atomic E-state index is -0.622. The summed E-state index contributed by atoms with van der Waals surface area (Å²) in [6.45, 7) is 3.66. The highest BCUT2D eigenvalue weighted by atomic mass is 16.6. The first-order valence-corrected chi connectivity index (χ1v) is 5.32. The van der Waals surface area contributed by atoms with Crippen LogP contribution in [0.5, 0.6) is 5.75 Å². The summed E-state index contributed by atoms with van der Waals surface area (Å²) in [6, 6.07) is 5.98. The molecule has 0 heterocycles. The molecule has 1 rings (SSSR count). The Morgan fingerprint density at radius 3 is 2.72 bits per heavy atom. The lowest BCUT2D eigenvalue weighted by molar-refractivity contribution is -0.385. The van der Waals surface area contributed by atoms with Crippen LogP contribution in [-0.4, -0.2) is 23.2 Å². The van der Waals surface area contributed by atoms with E-state index in [4.69, 9.17) is 15.1 Å². The lowest BCUT2D eigenvalue weighted by Crippen LogP contribution is -2.25. The SMILES string of the molecule is CC(C)(CO)COc1cccc([N+](=O)[O-])c1C#N. The van der Waals surface area contributed by atoms with E-state index in [2.05, 4.69) is 0 Å². The molecule has 0 amide bonds. The van der Waals surface area contributed by atoms with Gasteiger partial charge in [0.2, 0.25) is 0 Å². The quantitative estimate of drug-likeness (QED) is 0.635. The molecular weight excluding hydrogens is 236 g/mol. The van der Waals surface area contributed by atoms with Gasteiger partial charge >= 0.3 is 0 Å². The Morgan fingerprint density at radius 1 is 1.56 bits per heavy atom. The first-order valence-electron chi connectivity index (χ1n) is 5.32. The van der Waals surface area contributed by atoms with E-state index in [0.29, 0.717) is 0 Å². The summed E-state index contributed by atoms with van der Waals surface area (Å²) in [5, 5.41) is 28.8. The molecule has 1 N–H and O–H groups in total. The van der Waals surface area contributed by atoms with Crippen molar-refractivity contribution in [3.05, 3.63) is 33.9 Å². The van der Waals surface area contributed by atoms with Gasteiger partial charge in [0, 0.05) is 11.5 Å². The van der Waals surface area contributed by atoms with Crippen LogP contribution in [-0.2, 0) is 0 Å². The Bertz CT molecular complexity index is 491. The second-order valence-corrected chi connectivity index (χ2v) is 4.63. The van der Waals surface area contributed by atoms with Crippen molar-refractivity contribution in [1.82, 2.24) is 0 Å². The van der Waals surface area contributed by atoms with Crippen molar-refractivity contribution < 1.29 is 14.8 Å². The van der Waals surface area contributed by atoms with Crippen molar-refractivity contribution >= 4 is 5.69 Å². The Kier molecular flexibility index (Phi) is 4.23. The van der Waals surface area contributed by atoms with Gasteiger partial charge in [-0.25, -0.2) is 0 Å². The highest BCUT2D eigenvalue weighted by molar-refractivity contribution is 5.56. The number of hydrogen-bond acceptors (Lipinski definition) is 5. The summed E-state index contributed by atoms with van der Waals surface area (Å²) >= 11 is 0. The standard InChI is InChI=1S/C12H14N2O4/c1-12(2,7-15)8-18-11-5-3-4-10(14(16)17)9(11)6-13/h3-5,15H,7-8H2,1-2H3. The van der Waals surface area contributed by atoms with E-state index in [9.17, 15) is 10.1 Å². The van der Waals surface area contributed by atoms with Crippen molar-refractivity contribution in [2.45, 2.75) is 13.8 Å². The summed E-state index contributed by atoms with van der Waals surface area (Å²) in [5.74, 6) is 0.160. The van der Waals surface area contributed by atoms with Gasteiger partial charge in [-0.1, -0.05) is 19.9 Å². The molecule has 6 heteroatoms. The number of hydrogen-bond donors (Lipinski definition) is 1. The lowest BCUT2D eigenvalue weighted by Gasteiger charge is -2.21. The molecule has 0 aliphatic heterocycles. The van der Waals surface area contributed by atoms with Gasteiger partial charge in [0.15, 0.2) is 5.56 Å². The molecule has 0 atom stereocenters. The first kappa shape index (κ1) is 13.9. The molecule has 0 fully saturated rings. The molecule has 1 aromatic carbocycles. The molecule has 0 saturated heterocycles. The Hall–Kier alpha value is -2.13. The minimum Gasteiger partial charge on any atom is -0.491 e. The highest BCUT2D eigenvalue weighted by Gasteiger charge is 2.22. The van der Waals surface area contributed by atoms with Gasteiger partial charge in [-0.05, 0) is 6.07 Å². The van der Waals surface area contributed by atoms with E-state index < -0.39 is 10.3 Å². The second kappa shape index (κ2) is 5.47. The number of nitriles is 1. The van der Waals surface area contributed by atoms with Crippen LogP contribution < -0.4 is 4.74 Å². The molecule has 0 bridgehead atoms. The van der Waals surface area contributed by atoms with Crippen LogP contribution in [0.4, 0.5) is 5.69 Å². The van der Waals surface area contributed by atoms with E-state index in [1.165, 1.54) is 18.2 Å². The van der Waals surface area contributed by atoms with Crippen molar-refractivity contribution in [1.29, 1.82) is 5.26 Å². The average Bonchev–Trinajstić information content (AvgIpc) is 2.35. The van der Waals surface area contributed by atoms with Gasteiger partial charge in [-0.15, -0.1) is 0 Å². The van der Waals surface area contributed by atoms with Gasteiger partial charge in [-0.3, -0.25) is 10.1 Å². The summed E-state index contributed by atoms with van der Waals surface area (Å²) in [5.41, 5.74) is -0.856. The predicted molar refractivity (Wildman–Crippen MR) is 64.2 cm³/mol. The van der Waals surface area contributed by atoms with Crippen LogP contribution in [0, 0.1) is 26.9 Å². The monoisotopic (exact) mass is 250 g/mol. The highest BCUT2D eigenvalue weighted by Crippen LogP contribution is 2.28. The van der Waals surface area contributed by atoms with E-state index in [-0.39, 0.29) is 30.2 Å². The maximum Gasteiger partial charge on any atom is 0.290 e. The topological polar surface area (TPSA) is 96.4 Å². The molecule has 0 radical (unpaired) electrons. The average molecular weight is 250 g/mol. The molecule has 0 aliphatic rings. The Morgan fingerprint density at radius 2 is 2.22 bits per heavy atom. The van der Waals surface area contributed by atoms with E-state index in [1.807, 2.05) is 0 Å². The zero-order valence-electron chi connectivity index (χ0n) is 10.2. The maximum atomic E-state index is 10.7. The smallest absolute Gasteiger partial charge is 0.290 e. The normalized spacial score (nSPS) is 10.8. The van der Waals surface area contributed by atoms with Gasteiger partial charge in [0.25, 0.3) is 5.69 Å². The molecule has 18 heavy (non-hydrogen) atoms. The molecule has 0 spiro atoms. The number of aliphatic hydroxyl groups is 1. The summed E-state index contributed by atoms with van der Waals surface area (Å²) < 4.78 is 5.39. The fraction of sp³-hybridized carbons (Fsp3) is 0.417. The van der Waals surface area contributed by atoms with Crippen molar-refractivity contribution in [3.8, 4) is 11.8 Å². The summed E-state index contributed by atoms with van der Waals surface area (Å²) in [6.07, 6.45) is 0. The molecular formula is C12H14N2O4. The van der Waals surface area contributed by atoms with Gasteiger partial charge in [0.05, 0.1) is 18.1 Å². The molecule has 0 saturated carbocycles. The Balaban J connectivity index is 3.01. The van der Waals surface area contributed by atoms with Crippen molar-refractivity contribution in [3.63, 3.8) is 0 Å². The van der Waals surface area contributed by atoms with Gasteiger partial charge in [0.1, 0.15) is 11.8 Å². The molecule has 6 nitrogen and oxygen atoms in total. The minimum absolute atomic E-state index is 0.0795. The van der Waals surface area contributed by atoms with Crippen LogP contribution in [0.2, 0.25) is 0 Å². The fourth-order valence-corrected chi connectivity index (χ4v) is 1.22. The summed E-state index contributed by atoms with van der Waals surface area (Å²) in [7, 11) is 0. The number of nitro groups is 1. The number of benzene rings is 1. The van der Waals surface area contributed by atoms with Crippen molar-refractivity contribution in [2.24, 2.45) is 5.41 Å². The van der Waals surface area contributed by atoms with E-state index in [0.717, 1.165) is 0 Å². The molecule has 0 aromatic heterocycles. The summed E-state index contributed by atoms with van der Waals surface area (Å²) in [4.78, 5) is 10.1. The van der Waals surface area contributed by atoms with Gasteiger partial charge in [-0.2, -0.15) is 5.26 Å². The number of aliphatic hydroxyl groups excluding tert-OH is 1. The predicted octanol–water partition coefficient (Wildman–Crippen LogP) is 1.86. The largest absolute Gasteiger partial charge is 0.491 e. The zero-order chi connectivity index (χ0) is 13.8. The second-order valence-electron chi connectivity index (χ2n) is 4.63. The molecule has 0 unspecified atom stereocenters. The number of rotatable bonds is 5. The lowest BCUT2D eigenvalue weighted by atomic mass is 9.96. The third-order valence-corrected chi connectivity index (χ3v) is 2.36. The fourth-order valence-electron chi connectivity index (χ4n) is 1.22. The third-order valence-electron chi connectivity index (χ3n) is 2.36. The van der Waals surface area contributed by atoms with Crippen LogP contribution >= 0.6 is 0 Å². The van der Waals surface area contributed by atoms with Crippen LogP contribution in [0.25, 0.3) is 0 Å². The van der Waals surface area contributed by atoms with Crippen LogP contribution in [0.3, 0.4) is 0 Å². The van der Waals surface area contributed by atoms with E-state index in [1.54, 1.807) is 19.9 Å². The first-order chi connectivity index (χ1) is 8.41. The number of ether oxygens (including phenoxy) is 1. The maximum absolute atomic E-state index is 10.7. The number of nitrogens with zero attached hydrogens (tertiary/aromatic N) is 2. The molecule has 96 valence electrons. The third kappa shape index (κ3) is 3.18. The van der Waals surface area contributed by atoms with Crippen LogP contribution in [0.1, 0.15) is 19.4 Å². The zero-order valence-corrected chi connectivity index (χ0v) is 10.2. The number of nitro benzene ring substituents is 1. The van der Waals surface area contributed by atoms with Crippen molar-refractivity contribution in [2.75, 3.05) is 13.2 Å². The Labute approximate surface area is 105 Å². The van der Waals surface area contributed by atoms with E-state index >= 15 is 0 Å². The van der Waals surface area contributed by atoms with Gasteiger partial charge < -0.3 is 9.84 Å². The molecule has 1 aromatic rings. The molecule has 0 aliphatic carbocycles.